The van der Waals surface area contributed by atoms with Crippen molar-refractivity contribution in [2.75, 3.05) is 26.2 Å². The highest BCUT2D eigenvalue weighted by Gasteiger charge is 1.98. The number of hydrogen-bond donors (Lipinski definition) is 0. The molecular weight excluding hydrogens is 210 g/mol. The fourth-order valence-electron chi connectivity index (χ4n) is 1.35. The molecule has 0 N–H and O–H groups in total. The van der Waals surface area contributed by atoms with Gasteiger partial charge in [0.25, 0.3) is 0 Å². The fourth-order valence-corrected chi connectivity index (χ4v) is 1.35. The van der Waals surface area contributed by atoms with Crippen molar-refractivity contribution in [3.05, 3.63) is 30.3 Å². The van der Waals surface area contributed by atoms with E-state index in [1.807, 2.05) is 30.3 Å². The molecule has 1 rings (SSSR count). The van der Waals surface area contributed by atoms with Crippen LogP contribution in [0, 0.1) is 0 Å². The van der Waals surface area contributed by atoms with E-state index in [1.54, 1.807) is 0 Å². The summed E-state index contributed by atoms with van der Waals surface area (Å²) in [6, 6.07) is 9.96. The number of likely N-dealkylation sites (N-methyl/N-ethyl adjacent to an activating group) is 1. The van der Waals surface area contributed by atoms with Gasteiger partial charge in [-0.05, 0) is 25.2 Å². The number of halogens is 1. The Kier molecular flexibility index (Phi) is 8.15. The van der Waals surface area contributed by atoms with Crippen LogP contribution in [0.1, 0.15) is 13.8 Å². The van der Waals surface area contributed by atoms with Crippen LogP contribution in [-0.2, 0) is 0 Å². The van der Waals surface area contributed by atoms with E-state index < -0.39 is 0 Å². The Morgan fingerprint density at radius 3 is 2.20 bits per heavy atom. The zero-order valence-electron chi connectivity index (χ0n) is 9.48. The second kappa shape index (κ2) is 8.57. The number of nitrogens with zero attached hydrogens (tertiary/aromatic N) is 1. The normalized spacial score (nSPS) is 9.80. The monoisotopic (exact) mass is 229 g/mol. The molecule has 0 heterocycles. The average Bonchev–Trinajstić information content (AvgIpc) is 2.26. The predicted molar refractivity (Wildman–Crippen MR) is 67.0 cm³/mol. The van der Waals surface area contributed by atoms with Crippen molar-refractivity contribution in [1.82, 2.24) is 4.90 Å². The van der Waals surface area contributed by atoms with Crippen molar-refractivity contribution in [2.45, 2.75) is 13.8 Å². The molecule has 0 atom stereocenters. The zero-order chi connectivity index (χ0) is 10.2. The van der Waals surface area contributed by atoms with Crippen LogP contribution in [0.2, 0.25) is 0 Å². The van der Waals surface area contributed by atoms with Crippen molar-refractivity contribution in [2.24, 2.45) is 0 Å². The zero-order valence-corrected chi connectivity index (χ0v) is 10.3. The van der Waals surface area contributed by atoms with Crippen LogP contribution < -0.4 is 4.74 Å². The first-order chi connectivity index (χ1) is 6.86. The van der Waals surface area contributed by atoms with E-state index in [9.17, 15) is 0 Å². The minimum absolute atomic E-state index is 0. The minimum atomic E-state index is 0. The first kappa shape index (κ1) is 14.3. The summed E-state index contributed by atoms with van der Waals surface area (Å²) in [5.74, 6) is 0.958. The molecule has 3 heteroatoms. The number of ether oxygens (including phenoxy) is 1. The second-order valence-electron chi connectivity index (χ2n) is 3.19. The molecule has 2 nitrogen and oxygen atoms in total. The molecule has 15 heavy (non-hydrogen) atoms. The van der Waals surface area contributed by atoms with Crippen molar-refractivity contribution >= 4 is 12.4 Å². The van der Waals surface area contributed by atoms with Crippen LogP contribution >= 0.6 is 12.4 Å². The molecule has 1 aromatic rings. The van der Waals surface area contributed by atoms with Gasteiger partial charge in [-0.1, -0.05) is 32.0 Å². The topological polar surface area (TPSA) is 12.5 Å². The molecule has 0 fully saturated rings. The molecular formula is C12H20ClNO. The van der Waals surface area contributed by atoms with E-state index in [1.165, 1.54) is 0 Å². The molecule has 0 saturated heterocycles. The van der Waals surface area contributed by atoms with E-state index >= 15 is 0 Å². The first-order valence-corrected chi connectivity index (χ1v) is 5.27. The van der Waals surface area contributed by atoms with Gasteiger partial charge in [-0.15, -0.1) is 12.4 Å². The predicted octanol–water partition coefficient (Wildman–Crippen LogP) is 2.83. The Bertz CT molecular complexity index is 237. The van der Waals surface area contributed by atoms with Crippen LogP contribution in [0.4, 0.5) is 0 Å². The van der Waals surface area contributed by atoms with Gasteiger partial charge in [-0.25, -0.2) is 0 Å². The van der Waals surface area contributed by atoms with Gasteiger partial charge in [-0.2, -0.15) is 0 Å². The standard InChI is InChI=1S/C12H19NO.ClH/c1-3-13(4-2)10-11-14-12-8-6-5-7-9-12;/h5-9H,3-4,10-11H2,1-2H3;1H. The van der Waals surface area contributed by atoms with Gasteiger partial charge in [-0.3, -0.25) is 0 Å². The van der Waals surface area contributed by atoms with E-state index in [0.29, 0.717) is 0 Å². The van der Waals surface area contributed by atoms with Gasteiger partial charge in [0, 0.05) is 6.54 Å². The van der Waals surface area contributed by atoms with Crippen LogP contribution in [-0.4, -0.2) is 31.1 Å². The lowest BCUT2D eigenvalue weighted by atomic mass is 10.3. The lowest BCUT2D eigenvalue weighted by Gasteiger charge is -2.17. The first-order valence-electron chi connectivity index (χ1n) is 5.27. The highest BCUT2D eigenvalue weighted by atomic mass is 35.5. The average molecular weight is 230 g/mol. The Hall–Kier alpha value is -0.730. The summed E-state index contributed by atoms with van der Waals surface area (Å²) in [5.41, 5.74) is 0. The van der Waals surface area contributed by atoms with Crippen molar-refractivity contribution in [1.29, 1.82) is 0 Å². The van der Waals surface area contributed by atoms with Gasteiger partial charge in [0.2, 0.25) is 0 Å². The van der Waals surface area contributed by atoms with E-state index in [4.69, 9.17) is 4.74 Å². The summed E-state index contributed by atoms with van der Waals surface area (Å²) in [7, 11) is 0. The number of rotatable bonds is 6. The molecule has 0 bridgehead atoms. The largest absolute Gasteiger partial charge is 0.492 e. The van der Waals surface area contributed by atoms with Crippen LogP contribution in [0.15, 0.2) is 30.3 Å². The van der Waals surface area contributed by atoms with E-state index in [-0.39, 0.29) is 12.4 Å². The van der Waals surface area contributed by atoms with Gasteiger partial charge < -0.3 is 9.64 Å². The fraction of sp³-hybridized carbons (Fsp3) is 0.500. The van der Waals surface area contributed by atoms with E-state index in [0.717, 1.165) is 32.0 Å². The van der Waals surface area contributed by atoms with Gasteiger partial charge >= 0.3 is 0 Å². The second-order valence-corrected chi connectivity index (χ2v) is 3.19. The third-order valence-electron chi connectivity index (χ3n) is 2.31. The summed E-state index contributed by atoms with van der Waals surface area (Å²) in [5, 5.41) is 0. The molecule has 0 aliphatic rings. The summed E-state index contributed by atoms with van der Waals surface area (Å²) in [6.07, 6.45) is 0. The quantitative estimate of drug-likeness (QED) is 0.744. The molecule has 0 radical (unpaired) electrons. The third-order valence-corrected chi connectivity index (χ3v) is 2.31. The van der Waals surface area contributed by atoms with Crippen molar-refractivity contribution in [3.63, 3.8) is 0 Å². The molecule has 0 saturated carbocycles. The van der Waals surface area contributed by atoms with Gasteiger partial charge in [0.15, 0.2) is 0 Å². The lowest BCUT2D eigenvalue weighted by Crippen LogP contribution is -2.27. The molecule has 0 aliphatic heterocycles. The summed E-state index contributed by atoms with van der Waals surface area (Å²) >= 11 is 0. The third kappa shape index (κ3) is 5.65. The van der Waals surface area contributed by atoms with Crippen LogP contribution in [0.3, 0.4) is 0 Å². The van der Waals surface area contributed by atoms with Crippen molar-refractivity contribution in [3.8, 4) is 5.75 Å². The summed E-state index contributed by atoms with van der Waals surface area (Å²) < 4.78 is 5.60. The van der Waals surface area contributed by atoms with Crippen LogP contribution in [0.25, 0.3) is 0 Å². The van der Waals surface area contributed by atoms with E-state index in [2.05, 4.69) is 18.7 Å². The minimum Gasteiger partial charge on any atom is -0.492 e. The lowest BCUT2D eigenvalue weighted by molar-refractivity contribution is 0.223. The molecule has 0 amide bonds. The summed E-state index contributed by atoms with van der Waals surface area (Å²) in [6.45, 7) is 8.30. The highest BCUT2D eigenvalue weighted by Crippen LogP contribution is 2.07. The Balaban J connectivity index is 0.00000196. The number of benzene rings is 1. The highest BCUT2D eigenvalue weighted by molar-refractivity contribution is 5.85. The van der Waals surface area contributed by atoms with Gasteiger partial charge in [0.1, 0.15) is 12.4 Å². The van der Waals surface area contributed by atoms with Gasteiger partial charge in [0.05, 0.1) is 0 Å². The number of hydrogen-bond acceptors (Lipinski definition) is 2. The molecule has 0 aliphatic carbocycles. The smallest absolute Gasteiger partial charge is 0.119 e. The van der Waals surface area contributed by atoms with Crippen LogP contribution in [0.5, 0.6) is 5.75 Å². The molecule has 86 valence electrons. The van der Waals surface area contributed by atoms with Crippen molar-refractivity contribution < 1.29 is 4.74 Å². The maximum absolute atomic E-state index is 5.60. The molecule has 0 aromatic heterocycles. The molecule has 1 aromatic carbocycles. The Morgan fingerprint density at radius 2 is 1.67 bits per heavy atom. The maximum atomic E-state index is 5.60. The molecule has 0 unspecified atom stereocenters. The Morgan fingerprint density at radius 1 is 1.07 bits per heavy atom. The number of para-hydroxylation sites is 1. The SMILES string of the molecule is CCN(CC)CCOc1ccccc1.Cl. The molecule has 0 spiro atoms. The summed E-state index contributed by atoms with van der Waals surface area (Å²) in [4.78, 5) is 2.35. The Labute approximate surface area is 98.6 Å². The maximum Gasteiger partial charge on any atom is 0.119 e.